The van der Waals surface area contributed by atoms with Crippen molar-refractivity contribution in [3.63, 3.8) is 0 Å². The highest BCUT2D eigenvalue weighted by atomic mass is 32.2. The van der Waals surface area contributed by atoms with E-state index in [-0.39, 0.29) is 10.2 Å². The van der Waals surface area contributed by atoms with Gasteiger partial charge >= 0.3 is 0 Å². The minimum Gasteiger partial charge on any atom is -0.446 e. The van der Waals surface area contributed by atoms with Crippen molar-refractivity contribution in [2.75, 3.05) is 4.72 Å². The molecule has 2 aromatic rings. The Kier molecular flexibility index (Phi) is 3.25. The van der Waals surface area contributed by atoms with Crippen LogP contribution in [0.2, 0.25) is 0 Å². The second-order valence-electron chi connectivity index (χ2n) is 4.23. The quantitative estimate of drug-likeness (QED) is 0.831. The normalized spacial score (nSPS) is 15.6. The number of nitrogens with zero attached hydrogens (tertiary/aromatic N) is 2. The maximum atomic E-state index is 12.0. The van der Waals surface area contributed by atoms with Crippen LogP contribution < -0.4 is 10.0 Å². The van der Waals surface area contributed by atoms with Gasteiger partial charge in [-0.25, -0.2) is 0 Å². The molecule has 3 rings (SSSR count). The Hall–Kier alpha value is -1.45. The summed E-state index contributed by atoms with van der Waals surface area (Å²) in [5, 5.41) is 10.5. The Morgan fingerprint density at radius 2 is 2.26 bits per heavy atom. The SMILES string of the molecule is O=S(=O)(Nc1nncs1)c1ccc(CNC2CC2)o1. The fourth-order valence-corrected chi connectivity index (χ4v) is 3.16. The van der Waals surface area contributed by atoms with Crippen LogP contribution in [0.4, 0.5) is 5.13 Å². The average Bonchev–Trinajstić information content (AvgIpc) is 2.87. The molecule has 102 valence electrons. The van der Waals surface area contributed by atoms with E-state index in [1.807, 2.05) is 0 Å². The Morgan fingerprint density at radius 1 is 1.42 bits per heavy atom. The van der Waals surface area contributed by atoms with E-state index < -0.39 is 10.0 Å². The number of nitrogens with one attached hydrogen (secondary N) is 2. The van der Waals surface area contributed by atoms with E-state index >= 15 is 0 Å². The number of anilines is 1. The molecule has 1 fully saturated rings. The Balaban J connectivity index is 1.69. The van der Waals surface area contributed by atoms with Crippen LogP contribution in [0, 0.1) is 0 Å². The van der Waals surface area contributed by atoms with Crippen LogP contribution in [0.25, 0.3) is 0 Å². The van der Waals surface area contributed by atoms with E-state index in [9.17, 15) is 8.42 Å². The van der Waals surface area contributed by atoms with Gasteiger partial charge in [0.15, 0.2) is 0 Å². The standard InChI is InChI=1S/C10H12N4O3S2/c15-19(16,14-10-13-12-6-18-10)9-4-3-8(17-9)5-11-7-1-2-7/h3-4,6-7,11H,1-2,5H2,(H,13,14). The van der Waals surface area contributed by atoms with Gasteiger partial charge in [-0.15, -0.1) is 10.2 Å². The molecule has 0 aromatic carbocycles. The Bertz CT molecular complexity index is 646. The second-order valence-corrected chi connectivity index (χ2v) is 6.67. The third-order valence-corrected chi connectivity index (χ3v) is 4.57. The van der Waals surface area contributed by atoms with E-state index in [0.717, 1.165) is 11.3 Å². The third kappa shape index (κ3) is 3.11. The molecule has 0 unspecified atom stereocenters. The molecule has 0 aliphatic heterocycles. The lowest BCUT2D eigenvalue weighted by molar-refractivity contribution is 0.403. The molecular weight excluding hydrogens is 288 g/mol. The van der Waals surface area contributed by atoms with Crippen molar-refractivity contribution in [3.05, 3.63) is 23.4 Å². The molecule has 0 radical (unpaired) electrons. The zero-order valence-electron chi connectivity index (χ0n) is 9.87. The van der Waals surface area contributed by atoms with Gasteiger partial charge in [-0.2, -0.15) is 8.42 Å². The summed E-state index contributed by atoms with van der Waals surface area (Å²) in [6.45, 7) is 0.541. The summed E-state index contributed by atoms with van der Waals surface area (Å²) in [4.78, 5) is 0. The van der Waals surface area contributed by atoms with Gasteiger partial charge in [0.25, 0.3) is 10.0 Å². The van der Waals surface area contributed by atoms with Gasteiger partial charge in [0.2, 0.25) is 10.2 Å². The van der Waals surface area contributed by atoms with Gasteiger partial charge in [0.05, 0.1) is 6.54 Å². The molecule has 19 heavy (non-hydrogen) atoms. The summed E-state index contributed by atoms with van der Waals surface area (Å²) in [6.07, 6.45) is 2.34. The maximum Gasteiger partial charge on any atom is 0.297 e. The highest BCUT2D eigenvalue weighted by molar-refractivity contribution is 7.92. The molecule has 0 bridgehead atoms. The van der Waals surface area contributed by atoms with Crippen molar-refractivity contribution in [1.29, 1.82) is 0 Å². The third-order valence-electron chi connectivity index (χ3n) is 2.63. The molecule has 0 atom stereocenters. The van der Waals surface area contributed by atoms with E-state index in [1.165, 1.54) is 24.4 Å². The summed E-state index contributed by atoms with van der Waals surface area (Å²) in [6, 6.07) is 3.64. The first-order chi connectivity index (χ1) is 9.13. The van der Waals surface area contributed by atoms with Crippen molar-refractivity contribution in [2.24, 2.45) is 0 Å². The predicted molar refractivity (Wildman–Crippen MR) is 69.3 cm³/mol. The topological polar surface area (TPSA) is 97.1 Å². The molecule has 2 heterocycles. The first-order valence-electron chi connectivity index (χ1n) is 5.74. The first-order valence-corrected chi connectivity index (χ1v) is 8.11. The minimum atomic E-state index is -3.72. The van der Waals surface area contributed by atoms with Gasteiger partial charge in [0, 0.05) is 6.04 Å². The lowest BCUT2D eigenvalue weighted by atomic mass is 10.4. The van der Waals surface area contributed by atoms with E-state index in [2.05, 4.69) is 20.2 Å². The highest BCUT2D eigenvalue weighted by Crippen LogP contribution is 2.21. The van der Waals surface area contributed by atoms with Crippen LogP contribution >= 0.6 is 11.3 Å². The Labute approximate surface area is 114 Å². The summed E-state index contributed by atoms with van der Waals surface area (Å²) in [5.74, 6) is 0.601. The van der Waals surface area contributed by atoms with E-state index in [0.29, 0.717) is 18.3 Å². The monoisotopic (exact) mass is 300 g/mol. The molecule has 2 aromatic heterocycles. The summed E-state index contributed by atoms with van der Waals surface area (Å²) >= 11 is 1.11. The van der Waals surface area contributed by atoms with Crippen LogP contribution in [0.15, 0.2) is 27.2 Å². The van der Waals surface area contributed by atoms with Gasteiger partial charge in [-0.3, -0.25) is 4.72 Å². The van der Waals surface area contributed by atoms with Crippen molar-refractivity contribution in [3.8, 4) is 0 Å². The van der Waals surface area contributed by atoms with Crippen molar-refractivity contribution in [1.82, 2.24) is 15.5 Å². The zero-order chi connectivity index (χ0) is 13.3. The molecule has 7 nitrogen and oxygen atoms in total. The lowest BCUT2D eigenvalue weighted by Gasteiger charge is -2.01. The van der Waals surface area contributed by atoms with Crippen LogP contribution in [0.3, 0.4) is 0 Å². The average molecular weight is 300 g/mol. The summed E-state index contributed by atoms with van der Waals surface area (Å²) in [5.41, 5.74) is 1.45. The fourth-order valence-electron chi connectivity index (χ4n) is 1.51. The predicted octanol–water partition coefficient (Wildman–Crippen LogP) is 1.18. The van der Waals surface area contributed by atoms with E-state index in [4.69, 9.17) is 4.42 Å². The van der Waals surface area contributed by atoms with Crippen molar-refractivity contribution >= 4 is 26.5 Å². The Morgan fingerprint density at radius 3 is 2.95 bits per heavy atom. The first kappa shape index (κ1) is 12.6. The molecule has 2 N–H and O–H groups in total. The number of hydrogen-bond acceptors (Lipinski definition) is 7. The van der Waals surface area contributed by atoms with Gasteiger partial charge in [0.1, 0.15) is 11.3 Å². The fraction of sp³-hybridized carbons (Fsp3) is 0.400. The number of rotatable bonds is 6. The number of furan rings is 1. The highest BCUT2D eigenvalue weighted by Gasteiger charge is 2.23. The van der Waals surface area contributed by atoms with Crippen LogP contribution in [-0.2, 0) is 16.6 Å². The number of hydrogen-bond donors (Lipinski definition) is 2. The van der Waals surface area contributed by atoms with Crippen molar-refractivity contribution in [2.45, 2.75) is 30.5 Å². The van der Waals surface area contributed by atoms with Gasteiger partial charge < -0.3 is 9.73 Å². The van der Waals surface area contributed by atoms with Crippen LogP contribution in [0.1, 0.15) is 18.6 Å². The summed E-state index contributed by atoms with van der Waals surface area (Å²) < 4.78 is 31.6. The van der Waals surface area contributed by atoms with Gasteiger partial charge in [-0.05, 0) is 25.0 Å². The molecule has 1 aliphatic carbocycles. The molecule has 9 heteroatoms. The number of aromatic nitrogens is 2. The smallest absolute Gasteiger partial charge is 0.297 e. The molecule has 0 spiro atoms. The van der Waals surface area contributed by atoms with Crippen LogP contribution in [-0.4, -0.2) is 24.7 Å². The zero-order valence-corrected chi connectivity index (χ0v) is 11.5. The lowest BCUT2D eigenvalue weighted by Crippen LogP contribution is -2.15. The molecule has 1 aliphatic rings. The van der Waals surface area contributed by atoms with E-state index in [1.54, 1.807) is 6.07 Å². The summed E-state index contributed by atoms with van der Waals surface area (Å²) in [7, 11) is -3.72. The number of sulfonamides is 1. The van der Waals surface area contributed by atoms with Gasteiger partial charge in [-0.1, -0.05) is 11.3 Å². The maximum absolute atomic E-state index is 12.0. The molecule has 1 saturated carbocycles. The van der Waals surface area contributed by atoms with Crippen LogP contribution in [0.5, 0.6) is 0 Å². The molecular formula is C10H12N4O3S2. The molecule has 0 amide bonds. The molecule has 0 saturated heterocycles. The van der Waals surface area contributed by atoms with Crippen molar-refractivity contribution < 1.29 is 12.8 Å². The second kappa shape index (κ2) is 4.91. The largest absolute Gasteiger partial charge is 0.446 e. The minimum absolute atomic E-state index is 0.115.